The number of nitrogens with one attached hydrogen (secondary N) is 1. The molecule has 0 aromatic heterocycles. The number of nitrogens with zero attached hydrogens (tertiary/aromatic N) is 1. The molecule has 0 amide bonds. The Balaban J connectivity index is 0.00000144. The summed E-state index contributed by atoms with van der Waals surface area (Å²) in [5.41, 5.74) is 1.22. The van der Waals surface area contributed by atoms with E-state index in [4.69, 9.17) is 11.6 Å². The molecule has 0 bridgehead atoms. The molecule has 1 fully saturated rings. The molecule has 1 aromatic carbocycles. The first kappa shape index (κ1) is 14.8. The Morgan fingerprint density at radius 1 is 1.41 bits per heavy atom. The Labute approximate surface area is 115 Å². The summed E-state index contributed by atoms with van der Waals surface area (Å²) in [6.45, 7) is 3.20. The number of piperidine rings is 1. The molecule has 0 spiro atoms. The molecule has 0 aliphatic carbocycles. The zero-order valence-electron chi connectivity index (χ0n) is 10.2. The molecule has 96 valence electrons. The SMILES string of the molecule is CN(Cc1ccccc1Cl)C1CCCNC1.Cl. The first-order chi connectivity index (χ1) is 7.77. The van der Waals surface area contributed by atoms with Crippen LogP contribution in [0.3, 0.4) is 0 Å². The molecule has 1 aliphatic heterocycles. The third kappa shape index (κ3) is 4.14. The predicted molar refractivity (Wildman–Crippen MR) is 76.1 cm³/mol. The molecule has 2 rings (SSSR count). The average molecular weight is 275 g/mol. The Kier molecular flexibility index (Phi) is 6.28. The molecule has 0 radical (unpaired) electrons. The molecule has 1 heterocycles. The molecule has 1 aliphatic rings. The van der Waals surface area contributed by atoms with Gasteiger partial charge in [-0.15, -0.1) is 12.4 Å². The van der Waals surface area contributed by atoms with Crippen LogP contribution in [0.1, 0.15) is 18.4 Å². The van der Waals surface area contributed by atoms with Gasteiger partial charge in [-0.2, -0.15) is 0 Å². The van der Waals surface area contributed by atoms with Crippen LogP contribution in [0.15, 0.2) is 24.3 Å². The van der Waals surface area contributed by atoms with E-state index < -0.39 is 0 Å². The molecule has 1 unspecified atom stereocenters. The normalized spacial score (nSPS) is 20.1. The van der Waals surface area contributed by atoms with Crippen molar-refractivity contribution in [1.29, 1.82) is 0 Å². The van der Waals surface area contributed by atoms with Gasteiger partial charge in [-0.1, -0.05) is 29.8 Å². The molecular weight excluding hydrogens is 255 g/mol. The van der Waals surface area contributed by atoms with E-state index in [1.165, 1.54) is 18.4 Å². The van der Waals surface area contributed by atoms with Crippen LogP contribution in [0.25, 0.3) is 0 Å². The van der Waals surface area contributed by atoms with Crippen molar-refractivity contribution in [3.63, 3.8) is 0 Å². The van der Waals surface area contributed by atoms with Crippen molar-refractivity contribution in [3.8, 4) is 0 Å². The maximum absolute atomic E-state index is 6.16. The first-order valence-corrected chi connectivity index (χ1v) is 6.29. The van der Waals surface area contributed by atoms with Gasteiger partial charge in [0.05, 0.1) is 0 Å². The van der Waals surface area contributed by atoms with Crippen molar-refractivity contribution in [2.75, 3.05) is 20.1 Å². The summed E-state index contributed by atoms with van der Waals surface area (Å²) in [5.74, 6) is 0. The molecule has 0 saturated carbocycles. The van der Waals surface area contributed by atoms with Crippen molar-refractivity contribution in [1.82, 2.24) is 10.2 Å². The van der Waals surface area contributed by atoms with Crippen LogP contribution in [0.2, 0.25) is 5.02 Å². The van der Waals surface area contributed by atoms with Gasteiger partial charge in [0.25, 0.3) is 0 Å². The summed E-state index contributed by atoms with van der Waals surface area (Å²) in [4.78, 5) is 2.40. The van der Waals surface area contributed by atoms with E-state index in [-0.39, 0.29) is 12.4 Å². The molecule has 4 heteroatoms. The van der Waals surface area contributed by atoms with Crippen LogP contribution in [0.5, 0.6) is 0 Å². The fourth-order valence-electron chi connectivity index (χ4n) is 2.23. The summed E-state index contributed by atoms with van der Waals surface area (Å²) < 4.78 is 0. The smallest absolute Gasteiger partial charge is 0.0451 e. The van der Waals surface area contributed by atoms with Crippen LogP contribution >= 0.6 is 24.0 Å². The molecule has 1 aromatic rings. The number of hydrogen-bond donors (Lipinski definition) is 1. The van der Waals surface area contributed by atoms with Gasteiger partial charge >= 0.3 is 0 Å². The van der Waals surface area contributed by atoms with Gasteiger partial charge in [-0.25, -0.2) is 0 Å². The fraction of sp³-hybridized carbons (Fsp3) is 0.538. The van der Waals surface area contributed by atoms with E-state index in [2.05, 4.69) is 23.3 Å². The number of halogens is 2. The highest BCUT2D eigenvalue weighted by atomic mass is 35.5. The van der Waals surface area contributed by atoms with Crippen molar-refractivity contribution in [3.05, 3.63) is 34.9 Å². The third-order valence-corrected chi connectivity index (χ3v) is 3.64. The largest absolute Gasteiger partial charge is 0.315 e. The van der Waals surface area contributed by atoms with Crippen LogP contribution in [-0.4, -0.2) is 31.1 Å². The minimum absolute atomic E-state index is 0. The van der Waals surface area contributed by atoms with Crippen LogP contribution in [0.4, 0.5) is 0 Å². The van der Waals surface area contributed by atoms with E-state index >= 15 is 0 Å². The quantitative estimate of drug-likeness (QED) is 0.912. The van der Waals surface area contributed by atoms with E-state index in [0.717, 1.165) is 24.7 Å². The van der Waals surface area contributed by atoms with Gasteiger partial charge in [-0.05, 0) is 38.1 Å². The van der Waals surface area contributed by atoms with Crippen molar-refractivity contribution in [2.45, 2.75) is 25.4 Å². The number of hydrogen-bond acceptors (Lipinski definition) is 2. The van der Waals surface area contributed by atoms with Crippen LogP contribution in [-0.2, 0) is 6.54 Å². The topological polar surface area (TPSA) is 15.3 Å². The Morgan fingerprint density at radius 2 is 2.18 bits per heavy atom. The maximum Gasteiger partial charge on any atom is 0.0451 e. The zero-order chi connectivity index (χ0) is 11.4. The summed E-state index contributed by atoms with van der Waals surface area (Å²) in [7, 11) is 2.18. The zero-order valence-corrected chi connectivity index (χ0v) is 11.7. The van der Waals surface area contributed by atoms with E-state index in [1.54, 1.807) is 0 Å². The summed E-state index contributed by atoms with van der Waals surface area (Å²) >= 11 is 6.16. The Hall–Kier alpha value is -0.280. The van der Waals surface area contributed by atoms with Gasteiger partial charge in [0.1, 0.15) is 0 Å². The highest BCUT2D eigenvalue weighted by molar-refractivity contribution is 6.31. The van der Waals surface area contributed by atoms with Crippen molar-refractivity contribution >= 4 is 24.0 Å². The maximum atomic E-state index is 6.16. The molecule has 1 N–H and O–H groups in total. The van der Waals surface area contributed by atoms with E-state index in [0.29, 0.717) is 6.04 Å². The van der Waals surface area contributed by atoms with Gasteiger partial charge in [-0.3, -0.25) is 4.90 Å². The number of rotatable bonds is 3. The van der Waals surface area contributed by atoms with Crippen molar-refractivity contribution < 1.29 is 0 Å². The van der Waals surface area contributed by atoms with E-state index in [9.17, 15) is 0 Å². The Bertz CT molecular complexity index is 338. The number of benzene rings is 1. The minimum atomic E-state index is 0. The summed E-state index contributed by atoms with van der Waals surface area (Å²) in [5, 5.41) is 4.31. The molecule has 2 nitrogen and oxygen atoms in total. The lowest BCUT2D eigenvalue weighted by Crippen LogP contribution is -2.43. The predicted octanol–water partition coefficient (Wildman–Crippen LogP) is 2.95. The molecule has 1 atom stereocenters. The highest BCUT2D eigenvalue weighted by Gasteiger charge is 2.18. The highest BCUT2D eigenvalue weighted by Crippen LogP contribution is 2.18. The van der Waals surface area contributed by atoms with Gasteiger partial charge in [0.2, 0.25) is 0 Å². The second-order valence-electron chi connectivity index (χ2n) is 4.51. The molecule has 17 heavy (non-hydrogen) atoms. The lowest BCUT2D eigenvalue weighted by Gasteiger charge is -2.31. The lowest BCUT2D eigenvalue weighted by molar-refractivity contribution is 0.196. The Morgan fingerprint density at radius 3 is 2.82 bits per heavy atom. The van der Waals surface area contributed by atoms with Gasteiger partial charge < -0.3 is 5.32 Å². The van der Waals surface area contributed by atoms with Crippen molar-refractivity contribution in [2.24, 2.45) is 0 Å². The second-order valence-corrected chi connectivity index (χ2v) is 4.91. The first-order valence-electron chi connectivity index (χ1n) is 5.92. The van der Waals surface area contributed by atoms with Crippen LogP contribution in [0, 0.1) is 0 Å². The van der Waals surface area contributed by atoms with Gasteiger partial charge in [0.15, 0.2) is 0 Å². The monoisotopic (exact) mass is 274 g/mol. The third-order valence-electron chi connectivity index (χ3n) is 3.27. The standard InChI is InChI=1S/C13H19ClN2.ClH/c1-16(12-6-4-8-15-9-12)10-11-5-2-3-7-13(11)14;/h2-3,5,7,12,15H,4,6,8-10H2,1H3;1H. The average Bonchev–Trinajstić information content (AvgIpc) is 2.33. The second kappa shape index (κ2) is 7.22. The molecule has 1 saturated heterocycles. The number of likely N-dealkylation sites (N-methyl/N-ethyl adjacent to an activating group) is 1. The minimum Gasteiger partial charge on any atom is -0.315 e. The van der Waals surface area contributed by atoms with Crippen LogP contribution < -0.4 is 5.32 Å². The summed E-state index contributed by atoms with van der Waals surface area (Å²) in [6.07, 6.45) is 2.56. The fourth-order valence-corrected chi connectivity index (χ4v) is 2.43. The molecular formula is C13H20Cl2N2. The summed E-state index contributed by atoms with van der Waals surface area (Å²) in [6, 6.07) is 8.74. The van der Waals surface area contributed by atoms with E-state index in [1.807, 2.05) is 18.2 Å². The lowest BCUT2D eigenvalue weighted by atomic mass is 10.1. The van der Waals surface area contributed by atoms with Gasteiger partial charge in [0, 0.05) is 24.2 Å².